The van der Waals surface area contributed by atoms with Crippen molar-refractivity contribution in [3.8, 4) is 0 Å². The van der Waals surface area contributed by atoms with E-state index in [0.717, 1.165) is 48.9 Å². The Balaban J connectivity index is 0.00000156. The lowest BCUT2D eigenvalue weighted by Gasteiger charge is -2.32. The van der Waals surface area contributed by atoms with Crippen molar-refractivity contribution in [1.82, 2.24) is 20.0 Å². The zero-order chi connectivity index (χ0) is 16.4. The zero-order valence-electron chi connectivity index (χ0n) is 15.4. The standard InChI is InChI=1S/C17H29N5O.2ClH/c1-12-17(13(2)21(3)20-12)19-16(23)11-22-8-6-15(7-9-22)18-10-14-4-5-14;;/h14-15,18H,4-11H2,1-3H3,(H,19,23);2*1H. The summed E-state index contributed by atoms with van der Waals surface area (Å²) in [6.07, 6.45) is 5.09. The van der Waals surface area contributed by atoms with Gasteiger partial charge in [-0.05, 0) is 52.0 Å². The van der Waals surface area contributed by atoms with E-state index in [9.17, 15) is 4.79 Å². The van der Waals surface area contributed by atoms with E-state index in [0.29, 0.717) is 12.6 Å². The van der Waals surface area contributed by atoms with Gasteiger partial charge in [0.15, 0.2) is 0 Å². The Morgan fingerprint density at radius 3 is 2.32 bits per heavy atom. The van der Waals surface area contributed by atoms with Crippen molar-refractivity contribution in [3.05, 3.63) is 11.4 Å². The summed E-state index contributed by atoms with van der Waals surface area (Å²) in [6, 6.07) is 0.637. The maximum Gasteiger partial charge on any atom is 0.238 e. The van der Waals surface area contributed by atoms with Crippen molar-refractivity contribution in [2.75, 3.05) is 31.5 Å². The molecular weight excluding hydrogens is 361 g/mol. The zero-order valence-corrected chi connectivity index (χ0v) is 17.0. The van der Waals surface area contributed by atoms with Crippen LogP contribution >= 0.6 is 24.8 Å². The Kier molecular flexibility index (Phi) is 8.68. The Morgan fingerprint density at radius 2 is 1.80 bits per heavy atom. The molecule has 2 fully saturated rings. The van der Waals surface area contributed by atoms with Crippen molar-refractivity contribution in [2.24, 2.45) is 13.0 Å². The van der Waals surface area contributed by atoms with Gasteiger partial charge in [-0.15, -0.1) is 24.8 Å². The van der Waals surface area contributed by atoms with E-state index in [2.05, 4.69) is 20.6 Å². The Morgan fingerprint density at radius 1 is 1.16 bits per heavy atom. The number of nitrogens with one attached hydrogen (secondary N) is 2. The first-order chi connectivity index (χ1) is 11.0. The number of nitrogens with zero attached hydrogens (tertiary/aromatic N) is 3. The molecule has 0 spiro atoms. The second-order valence-electron chi connectivity index (χ2n) is 7.12. The van der Waals surface area contributed by atoms with Crippen LogP contribution in [0.1, 0.15) is 37.1 Å². The number of likely N-dealkylation sites (tertiary alicyclic amines) is 1. The minimum atomic E-state index is 0. The molecule has 1 aromatic rings. The van der Waals surface area contributed by atoms with Crippen molar-refractivity contribution in [2.45, 2.75) is 45.6 Å². The van der Waals surface area contributed by atoms with Gasteiger partial charge in [0, 0.05) is 26.2 Å². The predicted octanol–water partition coefficient (Wildman–Crippen LogP) is 2.28. The molecule has 8 heteroatoms. The van der Waals surface area contributed by atoms with Gasteiger partial charge in [0.1, 0.15) is 0 Å². The van der Waals surface area contributed by atoms with Crippen molar-refractivity contribution >= 4 is 36.4 Å². The van der Waals surface area contributed by atoms with Gasteiger partial charge in [-0.1, -0.05) is 0 Å². The molecule has 1 saturated carbocycles. The van der Waals surface area contributed by atoms with Crippen molar-refractivity contribution in [3.63, 3.8) is 0 Å². The first-order valence-corrected chi connectivity index (χ1v) is 8.78. The molecule has 25 heavy (non-hydrogen) atoms. The van der Waals surface area contributed by atoms with Crippen molar-refractivity contribution in [1.29, 1.82) is 0 Å². The molecule has 3 rings (SSSR count). The molecule has 0 unspecified atom stereocenters. The highest BCUT2D eigenvalue weighted by atomic mass is 35.5. The largest absolute Gasteiger partial charge is 0.322 e. The summed E-state index contributed by atoms with van der Waals surface area (Å²) in [5.41, 5.74) is 2.73. The molecule has 2 N–H and O–H groups in total. The van der Waals surface area contributed by atoms with Gasteiger partial charge >= 0.3 is 0 Å². The second-order valence-corrected chi connectivity index (χ2v) is 7.12. The number of aromatic nitrogens is 2. The lowest BCUT2D eigenvalue weighted by Crippen LogP contribution is -2.45. The van der Waals surface area contributed by atoms with E-state index in [-0.39, 0.29) is 30.7 Å². The number of carbonyl (C=O) groups excluding carboxylic acids is 1. The highest BCUT2D eigenvalue weighted by Crippen LogP contribution is 2.28. The summed E-state index contributed by atoms with van der Waals surface area (Å²) in [6.45, 7) is 7.57. The fraction of sp³-hybridized carbons (Fsp3) is 0.765. The maximum atomic E-state index is 12.3. The molecule has 6 nitrogen and oxygen atoms in total. The number of carbonyl (C=O) groups is 1. The van der Waals surface area contributed by atoms with Gasteiger partial charge in [-0.3, -0.25) is 14.4 Å². The minimum Gasteiger partial charge on any atom is -0.322 e. The maximum absolute atomic E-state index is 12.3. The fourth-order valence-electron chi connectivity index (χ4n) is 3.29. The molecule has 0 bridgehead atoms. The predicted molar refractivity (Wildman–Crippen MR) is 106 cm³/mol. The number of halogens is 2. The molecule has 2 heterocycles. The third-order valence-electron chi connectivity index (χ3n) is 5.12. The summed E-state index contributed by atoms with van der Waals surface area (Å²) in [5.74, 6) is 0.998. The third-order valence-corrected chi connectivity index (χ3v) is 5.12. The summed E-state index contributed by atoms with van der Waals surface area (Å²) in [7, 11) is 1.90. The molecule has 144 valence electrons. The van der Waals surface area contributed by atoms with Crippen LogP contribution < -0.4 is 10.6 Å². The van der Waals surface area contributed by atoms with Crippen LogP contribution in [-0.2, 0) is 11.8 Å². The van der Waals surface area contributed by atoms with E-state index in [4.69, 9.17) is 0 Å². The normalized spacial score (nSPS) is 18.4. The molecule has 1 amide bonds. The number of piperidine rings is 1. The Labute approximate surface area is 162 Å². The summed E-state index contributed by atoms with van der Waals surface area (Å²) in [4.78, 5) is 14.5. The Bertz CT molecular complexity index is 566. The van der Waals surface area contributed by atoms with Gasteiger partial charge in [0.05, 0.1) is 23.6 Å². The van der Waals surface area contributed by atoms with Crippen LogP contribution in [0.3, 0.4) is 0 Å². The highest BCUT2D eigenvalue weighted by molar-refractivity contribution is 5.93. The fourth-order valence-corrected chi connectivity index (χ4v) is 3.29. The van der Waals surface area contributed by atoms with Gasteiger partial charge < -0.3 is 10.6 Å². The number of anilines is 1. The molecular formula is C17H31Cl2N5O. The molecule has 1 aliphatic heterocycles. The molecule has 2 aliphatic rings. The van der Waals surface area contributed by atoms with E-state index in [1.165, 1.54) is 19.4 Å². The summed E-state index contributed by atoms with van der Waals surface area (Å²) in [5, 5.41) is 11.0. The quantitative estimate of drug-likeness (QED) is 0.780. The minimum absolute atomic E-state index is 0. The van der Waals surface area contributed by atoms with Gasteiger partial charge in [-0.25, -0.2) is 0 Å². The monoisotopic (exact) mass is 391 g/mol. The average molecular weight is 392 g/mol. The first kappa shape index (κ1) is 22.2. The van der Waals surface area contributed by atoms with Gasteiger partial charge in [-0.2, -0.15) is 5.10 Å². The Hall–Kier alpha value is -0.820. The van der Waals surface area contributed by atoms with E-state index < -0.39 is 0 Å². The first-order valence-electron chi connectivity index (χ1n) is 8.78. The molecule has 1 aliphatic carbocycles. The molecule has 0 atom stereocenters. The smallest absolute Gasteiger partial charge is 0.238 e. The molecule has 1 saturated heterocycles. The van der Waals surface area contributed by atoms with Gasteiger partial charge in [0.2, 0.25) is 5.91 Å². The molecule has 0 radical (unpaired) electrons. The third kappa shape index (κ3) is 6.13. The molecule has 1 aromatic heterocycles. The number of rotatable bonds is 6. The number of amides is 1. The lowest BCUT2D eigenvalue weighted by atomic mass is 10.0. The van der Waals surface area contributed by atoms with Crippen LogP contribution in [-0.4, -0.2) is 52.8 Å². The van der Waals surface area contributed by atoms with Crippen LogP contribution in [0.4, 0.5) is 5.69 Å². The van der Waals surface area contributed by atoms with Crippen LogP contribution in [0, 0.1) is 19.8 Å². The van der Waals surface area contributed by atoms with Crippen LogP contribution in [0.15, 0.2) is 0 Å². The van der Waals surface area contributed by atoms with Crippen LogP contribution in [0.5, 0.6) is 0 Å². The SMILES string of the molecule is Cc1nn(C)c(C)c1NC(=O)CN1CCC(NCC2CC2)CC1.Cl.Cl. The van der Waals surface area contributed by atoms with Crippen LogP contribution in [0.25, 0.3) is 0 Å². The molecule has 0 aromatic carbocycles. The average Bonchev–Trinajstić information content (AvgIpc) is 3.31. The van der Waals surface area contributed by atoms with E-state index in [1.807, 2.05) is 25.6 Å². The second kappa shape index (κ2) is 9.76. The van der Waals surface area contributed by atoms with Gasteiger partial charge in [0.25, 0.3) is 0 Å². The van der Waals surface area contributed by atoms with Crippen LogP contribution in [0.2, 0.25) is 0 Å². The summed E-state index contributed by atoms with van der Waals surface area (Å²) >= 11 is 0. The van der Waals surface area contributed by atoms with E-state index in [1.54, 1.807) is 0 Å². The summed E-state index contributed by atoms with van der Waals surface area (Å²) < 4.78 is 1.81. The van der Waals surface area contributed by atoms with Crippen molar-refractivity contribution < 1.29 is 4.79 Å². The number of aryl methyl sites for hydroxylation is 2. The lowest BCUT2D eigenvalue weighted by molar-refractivity contribution is -0.117. The number of hydrogen-bond acceptors (Lipinski definition) is 4. The van der Waals surface area contributed by atoms with E-state index >= 15 is 0 Å². The highest BCUT2D eigenvalue weighted by Gasteiger charge is 2.25. The topological polar surface area (TPSA) is 62.2 Å². The number of hydrogen-bond donors (Lipinski definition) is 2.